The first-order valence-corrected chi connectivity index (χ1v) is 8.79. The summed E-state index contributed by atoms with van der Waals surface area (Å²) in [5, 5.41) is 16.8. The maximum Gasteiger partial charge on any atom is 0.191 e. The molecular formula is C18H31IN4O. The summed E-state index contributed by atoms with van der Waals surface area (Å²) in [4.78, 5) is 8.75. The van der Waals surface area contributed by atoms with Crippen molar-refractivity contribution in [3.63, 3.8) is 0 Å². The van der Waals surface area contributed by atoms with E-state index in [1.54, 1.807) is 12.4 Å². The zero-order valence-electron chi connectivity index (χ0n) is 14.8. The van der Waals surface area contributed by atoms with Gasteiger partial charge < -0.3 is 15.7 Å². The normalized spacial score (nSPS) is 17.9. The quantitative estimate of drug-likeness (QED) is 0.342. The van der Waals surface area contributed by atoms with Crippen LogP contribution in [0.15, 0.2) is 29.5 Å². The van der Waals surface area contributed by atoms with Crippen LogP contribution >= 0.6 is 24.0 Å². The Hall–Kier alpha value is -0.890. The van der Waals surface area contributed by atoms with Crippen molar-refractivity contribution >= 4 is 29.9 Å². The van der Waals surface area contributed by atoms with Crippen LogP contribution in [0.3, 0.4) is 0 Å². The highest BCUT2D eigenvalue weighted by Crippen LogP contribution is 2.41. The number of nitrogens with zero attached hydrogens (tertiary/aromatic N) is 2. The third kappa shape index (κ3) is 6.20. The van der Waals surface area contributed by atoms with Gasteiger partial charge in [-0.25, -0.2) is 0 Å². The molecule has 6 heteroatoms. The van der Waals surface area contributed by atoms with Gasteiger partial charge in [-0.1, -0.05) is 19.8 Å². The molecule has 1 aromatic rings. The molecule has 0 radical (unpaired) electrons. The summed E-state index contributed by atoms with van der Waals surface area (Å²) in [5.74, 6) is 0.792. The number of aliphatic hydroxyl groups excluding tert-OH is 1. The predicted octanol–water partition coefficient (Wildman–Crippen LogP) is 3.26. The van der Waals surface area contributed by atoms with Crippen LogP contribution in [-0.4, -0.2) is 35.7 Å². The predicted molar refractivity (Wildman–Crippen MR) is 110 cm³/mol. The van der Waals surface area contributed by atoms with Gasteiger partial charge in [-0.15, -0.1) is 24.0 Å². The van der Waals surface area contributed by atoms with Gasteiger partial charge in [-0.2, -0.15) is 0 Å². The van der Waals surface area contributed by atoms with E-state index in [2.05, 4.69) is 29.5 Å². The molecule has 1 heterocycles. The van der Waals surface area contributed by atoms with Crippen LogP contribution in [0.2, 0.25) is 0 Å². The molecule has 1 aliphatic carbocycles. The van der Waals surface area contributed by atoms with E-state index in [0.717, 1.165) is 24.6 Å². The average Bonchev–Trinajstić information content (AvgIpc) is 3.07. The van der Waals surface area contributed by atoms with Crippen LogP contribution < -0.4 is 10.6 Å². The molecule has 2 rings (SSSR count). The van der Waals surface area contributed by atoms with E-state index in [4.69, 9.17) is 4.99 Å². The van der Waals surface area contributed by atoms with Crippen LogP contribution in [0.5, 0.6) is 0 Å². The van der Waals surface area contributed by atoms with E-state index >= 15 is 0 Å². The average molecular weight is 446 g/mol. The number of aromatic nitrogens is 1. The molecule has 1 saturated carbocycles. The fraction of sp³-hybridized carbons (Fsp3) is 0.667. The Bertz CT molecular complexity index is 489. The third-order valence-electron chi connectivity index (χ3n) is 4.88. The van der Waals surface area contributed by atoms with E-state index in [0.29, 0.717) is 12.0 Å². The smallest absolute Gasteiger partial charge is 0.191 e. The summed E-state index contributed by atoms with van der Waals surface area (Å²) in [6.45, 7) is 6.45. The molecule has 3 N–H and O–H groups in total. The minimum atomic E-state index is -0.562. The summed E-state index contributed by atoms with van der Waals surface area (Å²) in [6.07, 6.45) is 9.25. The summed E-state index contributed by atoms with van der Waals surface area (Å²) in [7, 11) is 0. The number of pyridine rings is 1. The Kier molecular flexibility index (Phi) is 9.58. The van der Waals surface area contributed by atoms with Gasteiger partial charge in [-0.05, 0) is 49.3 Å². The van der Waals surface area contributed by atoms with Crippen LogP contribution in [0.4, 0.5) is 0 Å². The third-order valence-corrected chi connectivity index (χ3v) is 4.88. The summed E-state index contributed by atoms with van der Waals surface area (Å²) in [5.41, 5.74) is 1.25. The number of aliphatic imine (C=N–C) groups is 1. The second-order valence-electron chi connectivity index (χ2n) is 6.43. The summed E-state index contributed by atoms with van der Waals surface area (Å²) < 4.78 is 0. The highest BCUT2D eigenvalue weighted by Gasteiger charge is 2.31. The number of hydrogen-bond acceptors (Lipinski definition) is 3. The Balaban J connectivity index is 0.00000288. The lowest BCUT2D eigenvalue weighted by Gasteiger charge is -2.26. The number of rotatable bonds is 7. The molecule has 0 bridgehead atoms. The molecule has 0 spiro atoms. The second-order valence-corrected chi connectivity index (χ2v) is 6.43. The maximum atomic E-state index is 10.2. The van der Waals surface area contributed by atoms with Crippen LogP contribution in [-0.2, 0) is 0 Å². The second kappa shape index (κ2) is 10.9. The van der Waals surface area contributed by atoms with Crippen molar-refractivity contribution in [2.24, 2.45) is 10.4 Å². The van der Waals surface area contributed by atoms with E-state index < -0.39 is 6.10 Å². The van der Waals surface area contributed by atoms with Crippen molar-refractivity contribution in [1.29, 1.82) is 0 Å². The SMILES string of the molecule is CCNC(=NCC1(CC)CCCC1)NCC(O)c1ccncc1.I. The molecule has 5 nitrogen and oxygen atoms in total. The minimum Gasteiger partial charge on any atom is -0.387 e. The van der Waals surface area contributed by atoms with Crippen molar-refractivity contribution in [3.05, 3.63) is 30.1 Å². The highest BCUT2D eigenvalue weighted by atomic mass is 127. The fourth-order valence-corrected chi connectivity index (χ4v) is 3.23. The topological polar surface area (TPSA) is 69.5 Å². The van der Waals surface area contributed by atoms with E-state index in [1.807, 2.05) is 12.1 Å². The highest BCUT2D eigenvalue weighted by molar-refractivity contribution is 14.0. The lowest BCUT2D eigenvalue weighted by atomic mass is 9.84. The van der Waals surface area contributed by atoms with Gasteiger partial charge in [0.05, 0.1) is 6.10 Å². The zero-order valence-corrected chi connectivity index (χ0v) is 17.1. The van der Waals surface area contributed by atoms with Gasteiger partial charge in [0, 0.05) is 32.0 Å². The Morgan fingerprint density at radius 3 is 2.50 bits per heavy atom. The lowest BCUT2D eigenvalue weighted by molar-refractivity contribution is 0.180. The fourth-order valence-electron chi connectivity index (χ4n) is 3.23. The monoisotopic (exact) mass is 446 g/mol. The van der Waals surface area contributed by atoms with Gasteiger partial charge >= 0.3 is 0 Å². The molecule has 1 atom stereocenters. The Morgan fingerprint density at radius 1 is 1.25 bits per heavy atom. The maximum absolute atomic E-state index is 10.2. The molecule has 0 aliphatic heterocycles. The summed E-state index contributed by atoms with van der Waals surface area (Å²) in [6, 6.07) is 3.67. The van der Waals surface area contributed by atoms with Gasteiger partial charge in [-0.3, -0.25) is 9.98 Å². The number of hydrogen-bond donors (Lipinski definition) is 3. The van der Waals surface area contributed by atoms with Gasteiger partial charge in [0.1, 0.15) is 0 Å². The van der Waals surface area contributed by atoms with Crippen LogP contribution in [0.1, 0.15) is 57.6 Å². The molecule has 1 aliphatic rings. The first-order chi connectivity index (χ1) is 11.2. The minimum absolute atomic E-state index is 0. The van der Waals surface area contributed by atoms with Crippen molar-refractivity contribution in [1.82, 2.24) is 15.6 Å². The standard InChI is InChI=1S/C18H30N4O.HI/c1-3-18(9-5-6-10-18)14-22-17(20-4-2)21-13-16(23)15-7-11-19-12-8-15;/h7-8,11-12,16,23H,3-6,9-10,13-14H2,1-2H3,(H2,20,21,22);1H. The van der Waals surface area contributed by atoms with Crippen molar-refractivity contribution in [2.75, 3.05) is 19.6 Å². The van der Waals surface area contributed by atoms with Gasteiger partial charge in [0.25, 0.3) is 0 Å². The van der Waals surface area contributed by atoms with Crippen LogP contribution in [0.25, 0.3) is 0 Å². The van der Waals surface area contributed by atoms with E-state index in [-0.39, 0.29) is 24.0 Å². The summed E-state index contributed by atoms with van der Waals surface area (Å²) >= 11 is 0. The molecule has 1 aromatic heterocycles. The van der Waals surface area contributed by atoms with E-state index in [9.17, 15) is 5.11 Å². The van der Waals surface area contributed by atoms with Crippen molar-refractivity contribution < 1.29 is 5.11 Å². The molecule has 0 saturated heterocycles. The number of guanidine groups is 1. The molecule has 1 fully saturated rings. The molecule has 1 unspecified atom stereocenters. The molecular weight excluding hydrogens is 415 g/mol. The Labute approximate surface area is 162 Å². The lowest BCUT2D eigenvalue weighted by Crippen LogP contribution is -2.40. The van der Waals surface area contributed by atoms with Crippen LogP contribution in [0, 0.1) is 5.41 Å². The number of aliphatic hydroxyl groups is 1. The first-order valence-electron chi connectivity index (χ1n) is 8.79. The van der Waals surface area contributed by atoms with Gasteiger partial charge in [0.2, 0.25) is 0 Å². The molecule has 0 amide bonds. The van der Waals surface area contributed by atoms with Crippen molar-refractivity contribution in [2.45, 2.75) is 52.1 Å². The molecule has 0 aromatic carbocycles. The molecule has 24 heavy (non-hydrogen) atoms. The molecule has 136 valence electrons. The first kappa shape index (κ1) is 21.2. The van der Waals surface area contributed by atoms with Crippen molar-refractivity contribution in [3.8, 4) is 0 Å². The zero-order chi connectivity index (χ0) is 16.5. The van der Waals surface area contributed by atoms with E-state index in [1.165, 1.54) is 32.1 Å². The van der Waals surface area contributed by atoms with Gasteiger partial charge in [0.15, 0.2) is 5.96 Å². The Morgan fingerprint density at radius 2 is 1.92 bits per heavy atom. The largest absolute Gasteiger partial charge is 0.387 e. The number of nitrogens with one attached hydrogen (secondary N) is 2. The number of halogens is 1.